The molecule has 0 aliphatic carbocycles. The van der Waals surface area contributed by atoms with E-state index in [1.54, 1.807) is 11.9 Å². The molecule has 2 amide bonds. The van der Waals surface area contributed by atoms with Gasteiger partial charge in [-0.25, -0.2) is 9.97 Å². The van der Waals surface area contributed by atoms with E-state index in [1.807, 2.05) is 11.8 Å². The lowest BCUT2D eigenvalue weighted by Crippen LogP contribution is -2.40. The molecule has 152 valence electrons. The van der Waals surface area contributed by atoms with Crippen LogP contribution >= 0.6 is 0 Å². The SMILES string of the molecule is Cc1nc(C2CCN(C(=O)C[C@@H]3CCCCO3)CC2)nc2c1CCC(=O)N2C. The van der Waals surface area contributed by atoms with Gasteiger partial charge in [-0.2, -0.15) is 0 Å². The van der Waals surface area contributed by atoms with Crippen LogP contribution in [-0.2, 0) is 20.7 Å². The van der Waals surface area contributed by atoms with Crippen molar-refractivity contribution in [2.45, 2.75) is 70.3 Å². The number of fused-ring (bicyclic) bond motifs is 1. The zero-order valence-corrected chi connectivity index (χ0v) is 16.9. The van der Waals surface area contributed by atoms with Gasteiger partial charge in [0, 0.05) is 50.3 Å². The van der Waals surface area contributed by atoms with E-state index in [9.17, 15) is 9.59 Å². The average Bonchev–Trinajstić information content (AvgIpc) is 2.72. The van der Waals surface area contributed by atoms with Gasteiger partial charge in [-0.3, -0.25) is 14.5 Å². The summed E-state index contributed by atoms with van der Waals surface area (Å²) in [6.45, 7) is 4.28. The van der Waals surface area contributed by atoms with Crippen molar-refractivity contribution in [2.24, 2.45) is 0 Å². The number of hydrogen-bond acceptors (Lipinski definition) is 5. The van der Waals surface area contributed by atoms with E-state index in [2.05, 4.69) is 0 Å². The molecule has 3 aliphatic heterocycles. The number of anilines is 1. The Morgan fingerprint density at radius 3 is 2.64 bits per heavy atom. The predicted molar refractivity (Wildman–Crippen MR) is 105 cm³/mol. The van der Waals surface area contributed by atoms with Crippen LogP contribution in [0.5, 0.6) is 0 Å². The number of nitrogens with zero attached hydrogens (tertiary/aromatic N) is 4. The zero-order chi connectivity index (χ0) is 19.7. The molecule has 1 aromatic rings. The highest BCUT2D eigenvalue weighted by atomic mass is 16.5. The summed E-state index contributed by atoms with van der Waals surface area (Å²) in [4.78, 5) is 37.8. The second kappa shape index (κ2) is 8.15. The Morgan fingerprint density at radius 2 is 1.93 bits per heavy atom. The third kappa shape index (κ3) is 3.90. The number of aromatic nitrogens is 2. The molecule has 7 heteroatoms. The van der Waals surface area contributed by atoms with Crippen LogP contribution in [0.3, 0.4) is 0 Å². The molecule has 0 saturated carbocycles. The fraction of sp³-hybridized carbons (Fsp3) is 0.714. The van der Waals surface area contributed by atoms with E-state index >= 15 is 0 Å². The van der Waals surface area contributed by atoms with Crippen molar-refractivity contribution in [3.63, 3.8) is 0 Å². The monoisotopic (exact) mass is 386 g/mol. The summed E-state index contributed by atoms with van der Waals surface area (Å²) in [6, 6.07) is 0. The van der Waals surface area contributed by atoms with Crippen LogP contribution in [0.4, 0.5) is 5.82 Å². The third-order valence-corrected chi connectivity index (χ3v) is 6.38. The van der Waals surface area contributed by atoms with Crippen LogP contribution < -0.4 is 4.90 Å². The molecule has 3 aliphatic rings. The summed E-state index contributed by atoms with van der Waals surface area (Å²) >= 11 is 0. The van der Waals surface area contributed by atoms with Gasteiger partial charge in [0.1, 0.15) is 11.6 Å². The maximum atomic E-state index is 12.6. The Morgan fingerprint density at radius 1 is 1.14 bits per heavy atom. The number of carbonyl (C=O) groups excluding carboxylic acids is 2. The fourth-order valence-corrected chi connectivity index (χ4v) is 4.55. The van der Waals surface area contributed by atoms with Gasteiger partial charge in [0.15, 0.2) is 0 Å². The van der Waals surface area contributed by atoms with Crippen molar-refractivity contribution in [1.82, 2.24) is 14.9 Å². The van der Waals surface area contributed by atoms with E-state index in [-0.39, 0.29) is 23.8 Å². The summed E-state index contributed by atoms with van der Waals surface area (Å²) in [7, 11) is 1.80. The number of hydrogen-bond donors (Lipinski definition) is 0. The number of carbonyl (C=O) groups is 2. The molecular formula is C21H30N4O3. The predicted octanol–water partition coefficient (Wildman–Crippen LogP) is 2.36. The summed E-state index contributed by atoms with van der Waals surface area (Å²) < 4.78 is 5.71. The Balaban J connectivity index is 1.39. The number of ether oxygens (including phenoxy) is 1. The normalized spacial score (nSPS) is 23.6. The second-order valence-corrected chi connectivity index (χ2v) is 8.27. The first-order valence-corrected chi connectivity index (χ1v) is 10.6. The minimum atomic E-state index is 0.0960. The van der Waals surface area contributed by atoms with Crippen LogP contribution in [0.15, 0.2) is 0 Å². The van der Waals surface area contributed by atoms with Gasteiger partial charge in [0.2, 0.25) is 11.8 Å². The summed E-state index contributed by atoms with van der Waals surface area (Å²) in [5.41, 5.74) is 2.07. The molecule has 2 fully saturated rings. The van der Waals surface area contributed by atoms with Crippen molar-refractivity contribution >= 4 is 17.6 Å². The first-order valence-electron chi connectivity index (χ1n) is 10.6. The van der Waals surface area contributed by atoms with Gasteiger partial charge in [-0.15, -0.1) is 0 Å². The van der Waals surface area contributed by atoms with Crippen LogP contribution in [-0.4, -0.2) is 59.5 Å². The number of likely N-dealkylation sites (tertiary alicyclic amines) is 1. The van der Waals surface area contributed by atoms with Gasteiger partial charge in [0.25, 0.3) is 0 Å². The second-order valence-electron chi connectivity index (χ2n) is 8.27. The van der Waals surface area contributed by atoms with E-state index < -0.39 is 0 Å². The maximum absolute atomic E-state index is 12.6. The Kier molecular flexibility index (Phi) is 5.62. The molecule has 1 atom stereocenters. The molecule has 4 heterocycles. The van der Waals surface area contributed by atoms with Crippen LogP contribution in [0.2, 0.25) is 0 Å². The molecule has 0 aromatic carbocycles. The molecule has 4 rings (SSSR count). The number of amides is 2. The van der Waals surface area contributed by atoms with Crippen molar-refractivity contribution in [3.8, 4) is 0 Å². The quantitative estimate of drug-likeness (QED) is 0.797. The van der Waals surface area contributed by atoms with Gasteiger partial charge in [-0.05, 0) is 45.4 Å². The lowest BCUT2D eigenvalue weighted by atomic mass is 9.94. The zero-order valence-electron chi connectivity index (χ0n) is 16.9. The largest absolute Gasteiger partial charge is 0.378 e. The molecule has 0 bridgehead atoms. The summed E-state index contributed by atoms with van der Waals surface area (Å²) in [5.74, 6) is 2.15. The minimum absolute atomic E-state index is 0.0960. The number of aryl methyl sites for hydroxylation is 1. The minimum Gasteiger partial charge on any atom is -0.378 e. The highest BCUT2D eigenvalue weighted by Crippen LogP contribution is 2.32. The molecule has 28 heavy (non-hydrogen) atoms. The highest BCUT2D eigenvalue weighted by Gasteiger charge is 2.30. The fourth-order valence-electron chi connectivity index (χ4n) is 4.55. The molecular weight excluding hydrogens is 356 g/mol. The van der Waals surface area contributed by atoms with Gasteiger partial charge >= 0.3 is 0 Å². The molecule has 0 unspecified atom stereocenters. The molecule has 0 radical (unpaired) electrons. The van der Waals surface area contributed by atoms with Crippen molar-refractivity contribution < 1.29 is 14.3 Å². The lowest BCUT2D eigenvalue weighted by Gasteiger charge is -2.33. The molecule has 0 N–H and O–H groups in total. The van der Waals surface area contributed by atoms with E-state index in [4.69, 9.17) is 14.7 Å². The topological polar surface area (TPSA) is 75.6 Å². The van der Waals surface area contributed by atoms with Crippen LogP contribution in [0, 0.1) is 6.92 Å². The molecule has 1 aromatic heterocycles. The Bertz CT molecular complexity index is 752. The number of piperidine rings is 1. The standard InChI is InChI=1S/C21H30N4O3/c1-14-17-6-7-18(26)24(2)21(17)23-20(22-14)15-8-10-25(11-9-15)19(27)13-16-5-3-4-12-28-16/h15-16H,3-13H2,1-2H3/t16-/m0/s1. The van der Waals surface area contributed by atoms with Crippen molar-refractivity contribution in [2.75, 3.05) is 31.6 Å². The third-order valence-electron chi connectivity index (χ3n) is 6.38. The van der Waals surface area contributed by atoms with Gasteiger partial charge in [0.05, 0.1) is 12.5 Å². The average molecular weight is 386 g/mol. The number of rotatable bonds is 3. The van der Waals surface area contributed by atoms with Gasteiger partial charge < -0.3 is 9.64 Å². The molecule has 2 saturated heterocycles. The Hall–Kier alpha value is -2.02. The van der Waals surface area contributed by atoms with E-state index in [0.717, 1.165) is 81.1 Å². The maximum Gasteiger partial charge on any atom is 0.228 e. The van der Waals surface area contributed by atoms with Crippen LogP contribution in [0.25, 0.3) is 0 Å². The van der Waals surface area contributed by atoms with E-state index in [0.29, 0.717) is 12.8 Å². The first-order chi connectivity index (χ1) is 13.5. The Labute approximate surface area is 166 Å². The van der Waals surface area contributed by atoms with Crippen molar-refractivity contribution in [1.29, 1.82) is 0 Å². The first kappa shape index (κ1) is 19.3. The molecule has 7 nitrogen and oxygen atoms in total. The molecule has 0 spiro atoms. The lowest BCUT2D eigenvalue weighted by molar-refractivity contribution is -0.136. The highest BCUT2D eigenvalue weighted by molar-refractivity contribution is 5.94. The van der Waals surface area contributed by atoms with Gasteiger partial charge in [-0.1, -0.05) is 0 Å². The van der Waals surface area contributed by atoms with Crippen LogP contribution in [0.1, 0.15) is 67.9 Å². The summed E-state index contributed by atoms with van der Waals surface area (Å²) in [5, 5.41) is 0. The summed E-state index contributed by atoms with van der Waals surface area (Å²) in [6.07, 6.45) is 6.85. The smallest absolute Gasteiger partial charge is 0.228 e. The van der Waals surface area contributed by atoms with E-state index in [1.165, 1.54) is 0 Å². The van der Waals surface area contributed by atoms with Crippen molar-refractivity contribution in [3.05, 3.63) is 17.1 Å².